The highest BCUT2D eigenvalue weighted by atomic mass is 35.5. The van der Waals surface area contributed by atoms with Crippen LogP contribution in [0.25, 0.3) is 0 Å². The van der Waals surface area contributed by atoms with Gasteiger partial charge in [-0.25, -0.2) is 0 Å². The number of hydrogen-bond donors (Lipinski definition) is 1. The molecule has 2 nitrogen and oxygen atoms in total. The SMILES string of the molecule is COCC(Nc1cc(Cl)ccc1C)c1ccccc1. The van der Waals surface area contributed by atoms with Gasteiger partial charge in [0.1, 0.15) is 0 Å². The largest absolute Gasteiger partial charge is 0.382 e. The summed E-state index contributed by atoms with van der Waals surface area (Å²) in [5.41, 5.74) is 3.41. The molecule has 2 rings (SSSR count). The van der Waals surface area contributed by atoms with Crippen molar-refractivity contribution in [3.63, 3.8) is 0 Å². The van der Waals surface area contributed by atoms with Gasteiger partial charge in [-0.15, -0.1) is 0 Å². The first-order valence-electron chi connectivity index (χ1n) is 6.27. The molecule has 1 atom stereocenters. The number of rotatable bonds is 5. The van der Waals surface area contributed by atoms with Crippen LogP contribution in [0.15, 0.2) is 48.5 Å². The van der Waals surface area contributed by atoms with Crippen LogP contribution in [0.3, 0.4) is 0 Å². The topological polar surface area (TPSA) is 21.3 Å². The van der Waals surface area contributed by atoms with Crippen molar-refractivity contribution in [3.8, 4) is 0 Å². The van der Waals surface area contributed by atoms with E-state index in [1.807, 2.05) is 36.4 Å². The van der Waals surface area contributed by atoms with Crippen LogP contribution < -0.4 is 5.32 Å². The molecule has 0 bridgehead atoms. The summed E-state index contributed by atoms with van der Waals surface area (Å²) in [7, 11) is 1.71. The van der Waals surface area contributed by atoms with E-state index < -0.39 is 0 Å². The minimum atomic E-state index is 0.114. The molecule has 100 valence electrons. The van der Waals surface area contributed by atoms with Crippen molar-refractivity contribution in [2.45, 2.75) is 13.0 Å². The Morgan fingerprint density at radius 1 is 1.16 bits per heavy atom. The maximum absolute atomic E-state index is 6.05. The van der Waals surface area contributed by atoms with Crippen molar-refractivity contribution in [1.29, 1.82) is 0 Å². The number of hydrogen-bond acceptors (Lipinski definition) is 2. The van der Waals surface area contributed by atoms with E-state index in [1.54, 1.807) is 7.11 Å². The van der Waals surface area contributed by atoms with Crippen LogP contribution in [0, 0.1) is 6.92 Å². The van der Waals surface area contributed by atoms with Crippen LogP contribution in [0.2, 0.25) is 5.02 Å². The molecule has 0 fully saturated rings. The zero-order valence-electron chi connectivity index (χ0n) is 11.2. The van der Waals surface area contributed by atoms with Crippen molar-refractivity contribution in [1.82, 2.24) is 0 Å². The normalized spacial score (nSPS) is 12.2. The number of nitrogens with one attached hydrogen (secondary N) is 1. The molecule has 0 heterocycles. The average Bonchev–Trinajstić information content (AvgIpc) is 2.43. The third-order valence-electron chi connectivity index (χ3n) is 3.06. The molecule has 2 aromatic carbocycles. The summed E-state index contributed by atoms with van der Waals surface area (Å²) in [6, 6.07) is 16.2. The fourth-order valence-corrected chi connectivity index (χ4v) is 2.18. The number of benzene rings is 2. The second-order valence-electron chi connectivity index (χ2n) is 4.52. The van der Waals surface area contributed by atoms with Gasteiger partial charge in [0.2, 0.25) is 0 Å². The van der Waals surface area contributed by atoms with Crippen molar-refractivity contribution in [2.24, 2.45) is 0 Å². The van der Waals surface area contributed by atoms with Crippen molar-refractivity contribution in [3.05, 3.63) is 64.7 Å². The van der Waals surface area contributed by atoms with Gasteiger partial charge in [0.05, 0.1) is 12.6 Å². The first-order chi connectivity index (χ1) is 9.20. The van der Waals surface area contributed by atoms with Gasteiger partial charge in [-0.2, -0.15) is 0 Å². The zero-order valence-corrected chi connectivity index (χ0v) is 11.9. The Morgan fingerprint density at radius 2 is 1.89 bits per heavy atom. The lowest BCUT2D eigenvalue weighted by Gasteiger charge is -2.21. The van der Waals surface area contributed by atoms with Crippen LogP contribution in [0.1, 0.15) is 17.2 Å². The Bertz CT molecular complexity index is 528. The van der Waals surface area contributed by atoms with Gasteiger partial charge in [0.25, 0.3) is 0 Å². The number of anilines is 1. The van der Waals surface area contributed by atoms with E-state index in [1.165, 1.54) is 11.1 Å². The minimum Gasteiger partial charge on any atom is -0.382 e. The lowest BCUT2D eigenvalue weighted by Crippen LogP contribution is -2.16. The van der Waals surface area contributed by atoms with Gasteiger partial charge in [-0.3, -0.25) is 0 Å². The second kappa shape index (κ2) is 6.60. The Morgan fingerprint density at radius 3 is 2.58 bits per heavy atom. The lowest BCUT2D eigenvalue weighted by molar-refractivity contribution is 0.186. The van der Waals surface area contributed by atoms with Gasteiger partial charge in [-0.1, -0.05) is 48.0 Å². The van der Waals surface area contributed by atoms with Gasteiger partial charge in [0, 0.05) is 17.8 Å². The summed E-state index contributed by atoms with van der Waals surface area (Å²) in [6.07, 6.45) is 0. The molecule has 0 aliphatic rings. The van der Waals surface area contributed by atoms with E-state index in [0.717, 1.165) is 10.7 Å². The third-order valence-corrected chi connectivity index (χ3v) is 3.30. The summed E-state index contributed by atoms with van der Waals surface area (Å²) in [4.78, 5) is 0. The van der Waals surface area contributed by atoms with E-state index in [-0.39, 0.29) is 6.04 Å². The molecule has 0 radical (unpaired) electrons. The van der Waals surface area contributed by atoms with Gasteiger partial charge >= 0.3 is 0 Å². The van der Waals surface area contributed by atoms with Crippen molar-refractivity contribution < 1.29 is 4.74 Å². The molecule has 1 unspecified atom stereocenters. The van der Waals surface area contributed by atoms with Crippen LogP contribution in [0.4, 0.5) is 5.69 Å². The number of halogens is 1. The molecule has 1 N–H and O–H groups in total. The smallest absolute Gasteiger partial charge is 0.0747 e. The summed E-state index contributed by atoms with van der Waals surface area (Å²) in [5, 5.41) is 4.23. The standard InChI is InChI=1S/C16H18ClNO/c1-12-8-9-14(17)10-15(12)18-16(11-19-2)13-6-4-3-5-7-13/h3-10,16,18H,11H2,1-2H3. The van der Waals surface area contributed by atoms with Crippen LogP contribution >= 0.6 is 11.6 Å². The van der Waals surface area contributed by atoms with E-state index >= 15 is 0 Å². The molecule has 2 aromatic rings. The molecule has 3 heteroatoms. The highest BCUT2D eigenvalue weighted by Gasteiger charge is 2.12. The summed E-state index contributed by atoms with van der Waals surface area (Å²) < 4.78 is 5.31. The molecule has 0 aromatic heterocycles. The Kier molecular flexibility index (Phi) is 4.83. The number of ether oxygens (including phenoxy) is 1. The lowest BCUT2D eigenvalue weighted by atomic mass is 10.1. The third kappa shape index (κ3) is 3.72. The first kappa shape index (κ1) is 13.9. The molecular formula is C16H18ClNO. The predicted octanol–water partition coefficient (Wildman–Crippen LogP) is 4.45. The Labute approximate surface area is 119 Å². The fraction of sp³-hybridized carbons (Fsp3) is 0.250. The monoisotopic (exact) mass is 275 g/mol. The molecule has 0 aliphatic heterocycles. The number of aryl methyl sites for hydroxylation is 1. The van der Waals surface area contributed by atoms with E-state index in [0.29, 0.717) is 6.61 Å². The maximum atomic E-state index is 6.05. The predicted molar refractivity (Wildman–Crippen MR) is 80.9 cm³/mol. The van der Waals surface area contributed by atoms with E-state index in [4.69, 9.17) is 16.3 Å². The number of methoxy groups -OCH3 is 1. The zero-order chi connectivity index (χ0) is 13.7. The molecule has 19 heavy (non-hydrogen) atoms. The van der Waals surface area contributed by atoms with Crippen LogP contribution in [-0.2, 0) is 4.74 Å². The molecule has 0 aliphatic carbocycles. The maximum Gasteiger partial charge on any atom is 0.0747 e. The molecule has 0 spiro atoms. The first-order valence-corrected chi connectivity index (χ1v) is 6.65. The fourth-order valence-electron chi connectivity index (χ4n) is 2.01. The van der Waals surface area contributed by atoms with Crippen LogP contribution in [-0.4, -0.2) is 13.7 Å². The highest BCUT2D eigenvalue weighted by molar-refractivity contribution is 6.30. The van der Waals surface area contributed by atoms with Gasteiger partial charge < -0.3 is 10.1 Å². The van der Waals surface area contributed by atoms with Crippen LogP contribution in [0.5, 0.6) is 0 Å². The Hall–Kier alpha value is -1.51. The highest BCUT2D eigenvalue weighted by Crippen LogP contribution is 2.25. The minimum absolute atomic E-state index is 0.114. The van der Waals surface area contributed by atoms with Gasteiger partial charge in [-0.05, 0) is 30.2 Å². The van der Waals surface area contributed by atoms with E-state index in [2.05, 4.69) is 24.4 Å². The van der Waals surface area contributed by atoms with Gasteiger partial charge in [0.15, 0.2) is 0 Å². The molecule has 0 saturated carbocycles. The summed E-state index contributed by atoms with van der Waals surface area (Å²) >= 11 is 6.05. The van der Waals surface area contributed by atoms with E-state index in [9.17, 15) is 0 Å². The summed E-state index contributed by atoms with van der Waals surface area (Å²) in [5.74, 6) is 0. The second-order valence-corrected chi connectivity index (χ2v) is 4.96. The van der Waals surface area contributed by atoms with Crippen molar-refractivity contribution >= 4 is 17.3 Å². The Balaban J connectivity index is 2.24. The molecular weight excluding hydrogens is 258 g/mol. The summed E-state index contributed by atoms with van der Waals surface area (Å²) in [6.45, 7) is 2.67. The quantitative estimate of drug-likeness (QED) is 0.870. The molecule has 0 amide bonds. The average molecular weight is 276 g/mol. The van der Waals surface area contributed by atoms with Crippen molar-refractivity contribution in [2.75, 3.05) is 19.0 Å². The molecule has 0 saturated heterocycles.